The molecular weight excluding hydrogens is 391 g/mol. The number of carboxylic acid groups (broad SMARTS) is 8. The van der Waals surface area contributed by atoms with Gasteiger partial charge in [-0.15, -0.1) is 0 Å². The Morgan fingerprint density at radius 3 is 0.320 bits per heavy atom. The van der Waals surface area contributed by atoms with Gasteiger partial charge in [0.05, 0.1) is 47.8 Å². The number of carbonyl (C=O) groups excluding carboxylic acids is 8. The maximum absolute atomic E-state index is 8.93. The Morgan fingerprint density at radius 1 is 0.280 bits per heavy atom. The van der Waals surface area contributed by atoms with E-state index < -0.39 is 47.8 Å². The van der Waals surface area contributed by atoms with Gasteiger partial charge in [0.25, 0.3) is 0 Å². The third kappa shape index (κ3) is 44.9. The van der Waals surface area contributed by atoms with Crippen LogP contribution in [0.3, 0.4) is 0 Å². The number of carboxylic acids is 8. The summed E-state index contributed by atoms with van der Waals surface area (Å²) in [6.45, 7) is 0. The van der Waals surface area contributed by atoms with Crippen LogP contribution < -0.4 is 92.2 Å². The number of carbonyl (C=O) groups is 8. The molecule has 0 aliphatic heterocycles. The van der Waals surface area contributed by atoms with Crippen molar-refractivity contribution in [2.45, 2.75) is 0 Å². The van der Waals surface area contributed by atoms with Gasteiger partial charge in [0.1, 0.15) is 0 Å². The minimum absolute atomic E-state index is 0. The molecule has 0 aliphatic carbocycles. The van der Waals surface area contributed by atoms with Crippen LogP contribution in [0, 0.1) is 0 Å². The Hall–Kier alpha value is -2.60. The number of hydrogen-bond donors (Lipinski definition) is 0. The van der Waals surface area contributed by atoms with Gasteiger partial charge in [0.15, 0.2) is 0 Å². The van der Waals surface area contributed by atoms with Crippen LogP contribution in [0.2, 0.25) is 0 Å². The van der Waals surface area contributed by atoms with E-state index in [1.54, 1.807) is 0 Å². The van der Waals surface area contributed by atoms with E-state index in [2.05, 4.69) is 0 Å². The van der Waals surface area contributed by atoms with Gasteiger partial charge < -0.3 is 79.2 Å². The van der Waals surface area contributed by atoms with Crippen molar-refractivity contribution in [2.75, 3.05) is 0 Å². The first kappa shape index (κ1) is 33.9. The summed E-state index contributed by atoms with van der Waals surface area (Å²) in [4.78, 5) is 71.4. The van der Waals surface area contributed by atoms with Crippen molar-refractivity contribution < 1.29 is 131 Å². The molecule has 0 saturated carbocycles. The van der Waals surface area contributed by atoms with Crippen LogP contribution in [0.25, 0.3) is 0 Å². The predicted octanol–water partition coefficient (Wildman–Crippen LogP) is -17.1. The van der Waals surface area contributed by atoms with E-state index in [0.29, 0.717) is 0 Å². The molecule has 0 unspecified atom stereocenters. The summed E-state index contributed by atoms with van der Waals surface area (Å²) in [6, 6.07) is 0. The molecule has 0 spiro atoms. The summed E-state index contributed by atoms with van der Waals surface area (Å²) in [5, 5.41) is 71.4. The third-order valence-electron chi connectivity index (χ3n) is 0.667. The molecule has 0 heterocycles. The van der Waals surface area contributed by atoms with Crippen molar-refractivity contribution in [3.05, 3.63) is 0 Å². The average Bonchev–Trinajstić information content (AvgIpc) is 2.40. The third-order valence-corrected chi connectivity index (χ3v) is 0.667. The Labute approximate surface area is 177 Å². The number of aliphatic carboxylic acids is 8. The van der Waals surface area contributed by atoms with Crippen LogP contribution >= 0.6 is 0 Å². The first-order valence-electron chi connectivity index (χ1n) is 4.27. The van der Waals surface area contributed by atoms with Gasteiger partial charge in [0.2, 0.25) is 0 Å². The van der Waals surface area contributed by atoms with Gasteiger partial charge in [-0.3, -0.25) is 0 Å². The Balaban J connectivity index is -0.0000000702. The van der Waals surface area contributed by atoms with Crippen molar-refractivity contribution in [3.63, 3.8) is 0 Å². The molecule has 0 radical (unpaired) electrons. The average molecular weight is 391 g/mol. The van der Waals surface area contributed by atoms with Gasteiger partial charge in [-0.25, -0.2) is 0 Å². The Bertz CT molecular complexity index is 388. The molecule has 0 bridgehead atoms. The maximum Gasteiger partial charge on any atom is 1.00 e. The van der Waals surface area contributed by atoms with Crippen molar-refractivity contribution in [1.29, 1.82) is 0 Å². The second kappa shape index (κ2) is 19.4. The molecule has 17 heteroatoms. The van der Waals surface area contributed by atoms with Crippen LogP contribution in [0.15, 0.2) is 0 Å². The second-order valence-corrected chi connectivity index (χ2v) is 2.30. The zero-order valence-corrected chi connectivity index (χ0v) is 14.7. The molecule has 0 aromatic heterocycles. The van der Waals surface area contributed by atoms with Gasteiger partial charge in [-0.05, 0) is 0 Å². The maximum atomic E-state index is 8.93. The fraction of sp³-hybridized carbons (Fsp3) is 0. The zero-order chi connectivity index (χ0) is 20.6. The van der Waals surface area contributed by atoms with Crippen molar-refractivity contribution in [3.8, 4) is 0 Å². The van der Waals surface area contributed by atoms with E-state index in [0.717, 1.165) is 0 Å². The smallest absolute Gasteiger partial charge is 0.543 e. The van der Waals surface area contributed by atoms with Crippen LogP contribution in [0.5, 0.6) is 0 Å². The van der Waals surface area contributed by atoms with Gasteiger partial charge in [0, 0.05) is 0 Å². The van der Waals surface area contributed by atoms with Crippen LogP contribution in [-0.4, -0.2) is 47.8 Å². The molecular formula is C8KO16-7. The van der Waals surface area contributed by atoms with Gasteiger partial charge >= 0.3 is 51.4 Å². The molecule has 0 aliphatic rings. The number of rotatable bonds is 0. The van der Waals surface area contributed by atoms with E-state index in [9.17, 15) is 0 Å². The summed E-state index contributed by atoms with van der Waals surface area (Å²) in [6.07, 6.45) is 0. The van der Waals surface area contributed by atoms with Crippen LogP contribution in [0.4, 0.5) is 0 Å². The Kier molecular flexibility index (Phi) is 26.3. The van der Waals surface area contributed by atoms with Crippen LogP contribution in [-0.2, 0) is 38.4 Å². The SMILES string of the molecule is O=C([O-])C(=O)[O-].O=C([O-])C(=O)[O-].O=C([O-])C(=O)[O-].O=C([O-])C(=O)[O-].[K+]. The fourth-order valence-electron chi connectivity index (χ4n) is 0. The van der Waals surface area contributed by atoms with Crippen molar-refractivity contribution in [1.82, 2.24) is 0 Å². The normalized spacial score (nSPS) is 7.04. The summed E-state index contributed by atoms with van der Waals surface area (Å²) in [5.41, 5.74) is 0. The summed E-state index contributed by atoms with van der Waals surface area (Å²) in [7, 11) is 0. The molecule has 0 fully saturated rings. The molecule has 25 heavy (non-hydrogen) atoms. The minimum Gasteiger partial charge on any atom is -0.543 e. The molecule has 0 aromatic carbocycles. The van der Waals surface area contributed by atoms with Crippen molar-refractivity contribution >= 4 is 47.8 Å². The fourth-order valence-corrected chi connectivity index (χ4v) is 0. The standard InChI is InChI=1S/4C2H2O4.K/c4*3-1(4)2(5)6;/h4*(H,3,4)(H,5,6);/q;;;;+1/p-8. The number of hydrogen-bond acceptors (Lipinski definition) is 16. The monoisotopic (exact) mass is 391 g/mol. The predicted molar refractivity (Wildman–Crippen MR) is 40.1 cm³/mol. The Morgan fingerprint density at radius 2 is 0.320 bits per heavy atom. The molecule has 16 nitrogen and oxygen atoms in total. The van der Waals surface area contributed by atoms with Crippen LogP contribution in [0.1, 0.15) is 0 Å². The second-order valence-electron chi connectivity index (χ2n) is 2.30. The summed E-state index contributed by atoms with van der Waals surface area (Å²) < 4.78 is 0. The molecule has 136 valence electrons. The van der Waals surface area contributed by atoms with E-state index in [1.807, 2.05) is 0 Å². The molecule has 0 N–H and O–H groups in total. The largest absolute Gasteiger partial charge is 1.00 e. The molecule has 0 aromatic rings. The van der Waals surface area contributed by atoms with E-state index in [1.165, 1.54) is 0 Å². The van der Waals surface area contributed by atoms with E-state index in [-0.39, 0.29) is 51.4 Å². The van der Waals surface area contributed by atoms with E-state index >= 15 is 0 Å². The summed E-state index contributed by atoms with van der Waals surface area (Å²) in [5.74, 6) is -17.5. The molecule has 0 rings (SSSR count). The summed E-state index contributed by atoms with van der Waals surface area (Å²) >= 11 is 0. The van der Waals surface area contributed by atoms with Crippen molar-refractivity contribution in [2.24, 2.45) is 0 Å². The van der Waals surface area contributed by atoms with Gasteiger partial charge in [-0.2, -0.15) is 0 Å². The topological polar surface area (TPSA) is 321 Å². The molecule has 0 saturated heterocycles. The zero-order valence-electron chi connectivity index (χ0n) is 11.5. The first-order valence-corrected chi connectivity index (χ1v) is 4.27. The molecule has 0 atom stereocenters. The first-order chi connectivity index (χ1) is 10.6. The molecule has 0 amide bonds. The quantitative estimate of drug-likeness (QED) is 0.273. The minimum atomic E-state index is -2.19. The van der Waals surface area contributed by atoms with Gasteiger partial charge in [-0.1, -0.05) is 0 Å². The van der Waals surface area contributed by atoms with E-state index in [4.69, 9.17) is 79.2 Å².